The lowest BCUT2D eigenvalue weighted by atomic mass is 9.92. The van der Waals surface area contributed by atoms with Crippen molar-refractivity contribution in [3.63, 3.8) is 0 Å². The predicted molar refractivity (Wildman–Crippen MR) is 219 cm³/mol. The minimum atomic E-state index is -2.41. The number of fused-ring (bicyclic) bond motifs is 3. The van der Waals surface area contributed by atoms with E-state index in [1.54, 1.807) is 4.90 Å². The Bertz CT molecular complexity index is 2530. The van der Waals surface area contributed by atoms with E-state index in [9.17, 15) is 4.79 Å². The third kappa shape index (κ3) is 6.93. The Morgan fingerprint density at radius 2 is 1.68 bits per heavy atom. The number of carbonyl (C=O) groups excluding carboxylic acids is 1. The molecule has 1 aliphatic heterocycles. The summed E-state index contributed by atoms with van der Waals surface area (Å²) < 4.78 is 65.0. The quantitative estimate of drug-likeness (QED) is 0.156. The number of rotatable bonds is 6. The summed E-state index contributed by atoms with van der Waals surface area (Å²) in [5.74, 6) is -1.37. The van der Waals surface area contributed by atoms with E-state index >= 15 is 13.2 Å². The Kier molecular flexibility index (Phi) is 9.81. The highest BCUT2D eigenvalue weighted by atomic mass is 32.1. The summed E-state index contributed by atoms with van der Waals surface area (Å²) in [6, 6.07) is 8.98. The first-order chi connectivity index (χ1) is 26.1. The molecule has 296 valence electrons. The molecule has 0 spiro atoms. The Morgan fingerprint density at radius 3 is 2.36 bits per heavy atom. The number of hydrogen-bond acceptors (Lipinski definition) is 7. The molecule has 2 aromatic carbocycles. The van der Waals surface area contributed by atoms with E-state index in [-0.39, 0.29) is 45.5 Å². The lowest BCUT2D eigenvalue weighted by molar-refractivity contribution is 0.00864. The van der Waals surface area contributed by atoms with Crippen molar-refractivity contribution in [2.45, 2.75) is 105 Å². The minimum Gasteiger partial charge on any atom is -0.444 e. The van der Waals surface area contributed by atoms with Gasteiger partial charge in [-0.3, -0.25) is 9.58 Å². The number of nitrogens with zero attached hydrogens (tertiary/aromatic N) is 6. The van der Waals surface area contributed by atoms with Crippen molar-refractivity contribution in [2.75, 3.05) is 6.54 Å². The Morgan fingerprint density at radius 1 is 0.964 bits per heavy atom. The molecule has 4 aromatic heterocycles. The summed E-state index contributed by atoms with van der Waals surface area (Å²) in [6.07, 6.45) is -0.450. The molecular formula is C42H49F3N6O3SSi. The van der Waals surface area contributed by atoms with Crippen LogP contribution in [0.15, 0.2) is 41.8 Å². The van der Waals surface area contributed by atoms with Crippen LogP contribution in [0, 0.1) is 24.4 Å². The van der Waals surface area contributed by atoms with Gasteiger partial charge in [0, 0.05) is 47.1 Å². The molecule has 1 amide bonds. The molecule has 56 heavy (non-hydrogen) atoms. The summed E-state index contributed by atoms with van der Waals surface area (Å²) in [5.41, 5.74) is 3.81. The standard InChI is InChI=1S/C42H49F3N6O3SSi/c1-22-19-50(40(52)54-41(4,5)6)23(2)33-18-31(48-51(22)33)38-36(34-26(15-27(43)17-28(34)44)20-53-56(11,12)42(7,8)9)35-29(45)21-55-39(35)37(47-38)25-13-14-32-30(16-25)46-24(3)49(32)10/h13-18,21-23H,19-20H2,1-12H3/t22-,23+/m0/s1. The van der Waals surface area contributed by atoms with E-state index in [1.807, 2.05) is 82.1 Å². The number of hydrogen-bond donors (Lipinski definition) is 0. The van der Waals surface area contributed by atoms with Crippen molar-refractivity contribution < 1.29 is 27.1 Å². The first-order valence-electron chi connectivity index (χ1n) is 18.8. The lowest BCUT2D eigenvalue weighted by Crippen LogP contribution is -2.45. The Balaban J connectivity index is 1.50. The molecule has 0 bridgehead atoms. The Labute approximate surface area is 330 Å². The number of amides is 1. The number of pyridine rings is 1. The molecule has 0 N–H and O–H groups in total. The minimum absolute atomic E-state index is 0.000266. The zero-order valence-corrected chi connectivity index (χ0v) is 35.9. The largest absolute Gasteiger partial charge is 0.444 e. The van der Waals surface area contributed by atoms with Crippen molar-refractivity contribution in [1.29, 1.82) is 0 Å². The van der Waals surface area contributed by atoms with E-state index in [1.165, 1.54) is 22.8 Å². The van der Waals surface area contributed by atoms with Crippen LogP contribution in [0.5, 0.6) is 0 Å². The molecule has 5 heterocycles. The van der Waals surface area contributed by atoms with Crippen LogP contribution < -0.4 is 0 Å². The molecular weight excluding hydrogens is 754 g/mol. The number of ether oxygens (including phenoxy) is 1. The number of carbonyl (C=O) groups is 1. The van der Waals surface area contributed by atoms with Gasteiger partial charge >= 0.3 is 6.09 Å². The monoisotopic (exact) mass is 802 g/mol. The second kappa shape index (κ2) is 13.8. The van der Waals surface area contributed by atoms with Gasteiger partial charge in [-0.2, -0.15) is 5.10 Å². The van der Waals surface area contributed by atoms with Crippen LogP contribution in [-0.4, -0.2) is 55.8 Å². The number of halogens is 3. The van der Waals surface area contributed by atoms with E-state index in [2.05, 4.69) is 33.9 Å². The molecule has 0 aliphatic carbocycles. The average Bonchev–Trinajstić information content (AvgIpc) is 3.79. The van der Waals surface area contributed by atoms with Gasteiger partial charge < -0.3 is 13.7 Å². The number of aromatic nitrogens is 5. The molecule has 9 nitrogen and oxygen atoms in total. The maximum Gasteiger partial charge on any atom is 0.410 e. The van der Waals surface area contributed by atoms with E-state index in [0.29, 0.717) is 33.9 Å². The van der Waals surface area contributed by atoms with Crippen LogP contribution in [0.1, 0.15) is 84.6 Å². The van der Waals surface area contributed by atoms with Gasteiger partial charge in [-0.15, -0.1) is 11.3 Å². The first-order valence-corrected chi connectivity index (χ1v) is 22.6. The van der Waals surface area contributed by atoms with Gasteiger partial charge in [0.1, 0.15) is 34.6 Å². The molecule has 14 heteroatoms. The third-order valence-electron chi connectivity index (χ3n) is 11.2. The van der Waals surface area contributed by atoms with Crippen molar-refractivity contribution in [1.82, 2.24) is 29.2 Å². The summed E-state index contributed by atoms with van der Waals surface area (Å²) in [7, 11) is -0.462. The predicted octanol–water partition coefficient (Wildman–Crippen LogP) is 11.5. The fourth-order valence-corrected chi connectivity index (χ4v) is 8.97. The fourth-order valence-electron chi connectivity index (χ4n) is 7.09. The smallest absolute Gasteiger partial charge is 0.410 e. The van der Waals surface area contributed by atoms with Gasteiger partial charge in [0.2, 0.25) is 0 Å². The summed E-state index contributed by atoms with van der Waals surface area (Å²) in [6.45, 7) is 21.9. The normalized spacial score (nSPS) is 16.6. The van der Waals surface area contributed by atoms with Crippen LogP contribution in [-0.2, 0) is 22.8 Å². The maximum atomic E-state index is 16.7. The van der Waals surface area contributed by atoms with Gasteiger partial charge in [0.05, 0.1) is 51.5 Å². The van der Waals surface area contributed by atoms with Crippen molar-refractivity contribution in [3.05, 3.63) is 76.3 Å². The van der Waals surface area contributed by atoms with Crippen LogP contribution in [0.3, 0.4) is 0 Å². The summed E-state index contributed by atoms with van der Waals surface area (Å²) >= 11 is 1.17. The number of aryl methyl sites for hydroxylation is 2. The molecule has 2 atom stereocenters. The zero-order chi connectivity index (χ0) is 40.8. The number of benzene rings is 2. The average molecular weight is 803 g/mol. The fraction of sp³-hybridized carbons (Fsp3) is 0.429. The van der Waals surface area contributed by atoms with Crippen LogP contribution in [0.2, 0.25) is 18.1 Å². The van der Waals surface area contributed by atoms with Gasteiger partial charge in [-0.1, -0.05) is 26.8 Å². The van der Waals surface area contributed by atoms with Crippen LogP contribution in [0.4, 0.5) is 18.0 Å². The highest BCUT2D eigenvalue weighted by Crippen LogP contribution is 2.48. The van der Waals surface area contributed by atoms with Crippen molar-refractivity contribution in [3.8, 4) is 33.8 Å². The van der Waals surface area contributed by atoms with Crippen molar-refractivity contribution >= 4 is 46.9 Å². The van der Waals surface area contributed by atoms with Gasteiger partial charge in [0.25, 0.3) is 0 Å². The van der Waals surface area contributed by atoms with Gasteiger partial charge in [-0.25, -0.2) is 27.9 Å². The van der Waals surface area contributed by atoms with E-state index in [4.69, 9.17) is 24.2 Å². The molecule has 6 aromatic rings. The van der Waals surface area contributed by atoms with Gasteiger partial charge in [-0.05, 0) is 89.5 Å². The SMILES string of the molecule is Cc1nc2cc(-c3nc(-c4cc5n(n4)[C@@H](C)CN(C(=O)OC(C)(C)C)[C@@H]5C)c(-c4c(F)cc(F)cc4CO[Si](C)(C)C(C)(C)C)c4c(F)csc34)ccc2n1C. The molecule has 1 aliphatic rings. The van der Waals surface area contributed by atoms with Gasteiger partial charge in [0.15, 0.2) is 8.32 Å². The topological polar surface area (TPSA) is 87.3 Å². The van der Waals surface area contributed by atoms with E-state index in [0.717, 1.165) is 22.9 Å². The summed E-state index contributed by atoms with van der Waals surface area (Å²) in [4.78, 5) is 25.0. The molecule has 0 fully saturated rings. The van der Waals surface area contributed by atoms with Crippen LogP contribution >= 0.6 is 11.3 Å². The lowest BCUT2D eigenvalue weighted by Gasteiger charge is -2.38. The summed E-state index contributed by atoms with van der Waals surface area (Å²) in [5, 5.41) is 6.40. The zero-order valence-electron chi connectivity index (χ0n) is 34.1. The molecule has 0 saturated carbocycles. The highest BCUT2D eigenvalue weighted by molar-refractivity contribution is 7.17. The van der Waals surface area contributed by atoms with E-state index < -0.39 is 43.5 Å². The molecule has 0 radical (unpaired) electrons. The molecule has 7 rings (SSSR count). The Hall–Kier alpha value is -4.53. The van der Waals surface area contributed by atoms with Crippen LogP contribution in [0.25, 0.3) is 54.9 Å². The second-order valence-corrected chi connectivity index (χ2v) is 23.1. The highest BCUT2D eigenvalue weighted by Gasteiger charge is 2.39. The first kappa shape index (κ1) is 39.7. The number of imidazole rings is 1. The second-order valence-electron chi connectivity index (χ2n) is 17.4. The molecule has 0 unspecified atom stereocenters. The number of thiophene rings is 1. The third-order valence-corrected chi connectivity index (χ3v) is 16.7. The molecule has 0 saturated heterocycles. The maximum absolute atomic E-state index is 16.7. The van der Waals surface area contributed by atoms with Crippen molar-refractivity contribution in [2.24, 2.45) is 7.05 Å².